The molecule has 0 spiro atoms. The summed E-state index contributed by atoms with van der Waals surface area (Å²) in [5, 5.41) is 12.2. The molecule has 3 rings (SSSR count). The molecule has 380 valence electrons. The van der Waals surface area contributed by atoms with Crippen LogP contribution in [0.2, 0.25) is 0 Å². The summed E-state index contributed by atoms with van der Waals surface area (Å²) in [7, 11) is 0. The fourth-order valence-corrected chi connectivity index (χ4v) is 8.88. The van der Waals surface area contributed by atoms with Gasteiger partial charge in [0.2, 0.25) is 29.5 Å². The first-order valence-corrected chi connectivity index (χ1v) is 25.6. The van der Waals surface area contributed by atoms with E-state index in [9.17, 15) is 43.2 Å². The summed E-state index contributed by atoms with van der Waals surface area (Å²) in [4.78, 5) is 131. The van der Waals surface area contributed by atoms with Crippen LogP contribution in [0.15, 0.2) is 43.0 Å². The first-order chi connectivity index (χ1) is 32.6. The van der Waals surface area contributed by atoms with E-state index < -0.39 is 77.1 Å². The Hall–Kier alpha value is -5.65. The first kappa shape index (κ1) is 57.7. The second-order valence-corrected chi connectivity index (χ2v) is 20.6. The molecule has 3 aromatic rings. The number of H-pyrrole nitrogens is 2. The minimum absolute atomic E-state index is 0.0137. The number of carbonyl (C=O) groups excluding carboxylic acids is 9. The van der Waals surface area contributed by atoms with Crippen LogP contribution in [0.3, 0.4) is 0 Å². The summed E-state index contributed by atoms with van der Waals surface area (Å²) in [6.45, 7) is 14.3. The fourth-order valence-electron chi connectivity index (χ4n) is 8.41. The van der Waals surface area contributed by atoms with E-state index in [1.165, 1.54) is 19.4 Å². The van der Waals surface area contributed by atoms with Crippen LogP contribution in [0, 0.1) is 35.5 Å². The predicted molar refractivity (Wildman–Crippen MR) is 268 cm³/mol. The van der Waals surface area contributed by atoms with E-state index in [0.29, 0.717) is 30.7 Å². The minimum atomic E-state index is -1.06. The van der Waals surface area contributed by atoms with Crippen molar-refractivity contribution in [2.75, 3.05) is 12.0 Å². The number of para-hydroxylation sites is 1. The second kappa shape index (κ2) is 28.7. The van der Waals surface area contributed by atoms with Crippen molar-refractivity contribution in [3.8, 4) is 0 Å². The maximum atomic E-state index is 14.1. The molecule has 0 aliphatic heterocycles. The summed E-state index contributed by atoms with van der Waals surface area (Å²) in [6.07, 6.45) is 7.42. The van der Waals surface area contributed by atoms with Gasteiger partial charge < -0.3 is 37.0 Å². The molecule has 0 bridgehead atoms. The number of primary amides is 1. The largest absolute Gasteiger partial charge is 0.370 e. The first-order valence-electron chi connectivity index (χ1n) is 24.2. The quantitative estimate of drug-likeness (QED) is 0.0422. The van der Waals surface area contributed by atoms with Gasteiger partial charge in [-0.1, -0.05) is 66.7 Å². The molecule has 0 fully saturated rings. The lowest BCUT2D eigenvalue weighted by Crippen LogP contribution is -2.49. The number of nitrogens with two attached hydrogens (primary N) is 1. The zero-order valence-electron chi connectivity index (χ0n) is 41.9. The molecule has 0 aliphatic carbocycles. The summed E-state index contributed by atoms with van der Waals surface area (Å²) in [5.74, 6) is -5.61. The number of imidazole rings is 1. The topological polar surface area (TPSA) is 272 Å². The molecule has 8 N–H and O–H groups in total. The number of hydrogen-bond donors (Lipinski definition) is 7. The Bertz CT molecular complexity index is 2200. The molecule has 0 saturated carbocycles. The van der Waals surface area contributed by atoms with Gasteiger partial charge in [-0.3, -0.25) is 43.2 Å². The lowest BCUT2D eigenvalue weighted by Gasteiger charge is -2.25. The van der Waals surface area contributed by atoms with Crippen molar-refractivity contribution >= 4 is 75.3 Å². The summed E-state index contributed by atoms with van der Waals surface area (Å²) < 4.78 is 0. The highest BCUT2D eigenvalue weighted by atomic mass is 32.2. The molecule has 0 aliphatic rings. The van der Waals surface area contributed by atoms with E-state index in [1.807, 2.05) is 58.2 Å². The maximum absolute atomic E-state index is 14.1. The number of ketones is 4. The zero-order valence-corrected chi connectivity index (χ0v) is 42.7. The van der Waals surface area contributed by atoms with E-state index in [2.05, 4.69) is 36.2 Å². The Morgan fingerprint density at radius 1 is 0.681 bits per heavy atom. The lowest BCUT2D eigenvalue weighted by atomic mass is 9.88. The van der Waals surface area contributed by atoms with E-state index in [-0.39, 0.29) is 86.6 Å². The van der Waals surface area contributed by atoms with Crippen molar-refractivity contribution in [1.29, 1.82) is 0 Å². The molecule has 5 amide bonds. The summed E-state index contributed by atoms with van der Waals surface area (Å²) in [6, 6.07) is 3.82. The molecular weight excluding hydrogens is 901 g/mol. The number of rotatable bonds is 33. The number of amides is 5. The number of carbonyl (C=O) groups is 9. The molecule has 2 heterocycles. The average Bonchev–Trinajstić information content (AvgIpc) is 3.96. The predicted octanol–water partition coefficient (Wildman–Crippen LogP) is 5.11. The minimum Gasteiger partial charge on any atom is -0.370 e. The second-order valence-electron chi connectivity index (χ2n) is 19.6. The standard InChI is InChI=1S/C51H76N8O9S/c1-29(2)20-34(14-16-46(52)64)50(67)58-41(23-36-26-54-40-13-11-10-12-38(36)40)44(62)22-32(7)49(66)59-48(31(5)6)43(61)15-17-47(65)56-42(25-37-27-53-28-55-37)45(63)24-35(21-30(3)4)51(68)57-39(33(8)60)18-19-69-9/h10-13,26-32,34-35,39,41-42,48,54H,14-25H2,1-9H3,(H2,52,64)(H,53,55)(H,56,65)(H,57,68)(H,58,67)(H,59,66)/t32-,34-,35-,39+,41+,42+,48+/m1/s1. The van der Waals surface area contributed by atoms with Crippen molar-refractivity contribution < 1.29 is 43.2 Å². The van der Waals surface area contributed by atoms with Crippen LogP contribution < -0.4 is 27.0 Å². The molecule has 0 radical (unpaired) electrons. The number of aromatic amines is 2. The van der Waals surface area contributed by atoms with Crippen LogP contribution >= 0.6 is 11.8 Å². The highest BCUT2D eigenvalue weighted by Crippen LogP contribution is 2.24. The Kier molecular flexibility index (Phi) is 24.0. The molecule has 2 aromatic heterocycles. The molecular formula is C51H76N8O9S. The Labute approximate surface area is 411 Å². The van der Waals surface area contributed by atoms with Crippen molar-refractivity contribution in [3.05, 3.63) is 54.2 Å². The van der Waals surface area contributed by atoms with Crippen molar-refractivity contribution in [3.63, 3.8) is 0 Å². The molecule has 1 aromatic carbocycles. The van der Waals surface area contributed by atoms with Crippen LogP contribution in [0.1, 0.15) is 124 Å². The van der Waals surface area contributed by atoms with Gasteiger partial charge in [0, 0.05) is 91.7 Å². The SMILES string of the molecule is CSCC[C@H](NC(=O)[C@@H](CC(=O)[C@H](Cc1cnc[nH]1)NC(=O)CCC(=O)[C@@H](NC(=O)[C@H](C)CC(=O)[C@H](Cc1c[nH]c2ccccc12)NC(=O)[C@H](CCC(N)=O)CC(C)C)C(C)C)CC(C)C)C(C)=O. The van der Waals surface area contributed by atoms with Crippen molar-refractivity contribution in [2.24, 2.45) is 41.2 Å². The van der Waals surface area contributed by atoms with Gasteiger partial charge in [-0.25, -0.2) is 4.98 Å². The summed E-state index contributed by atoms with van der Waals surface area (Å²) >= 11 is 1.56. The number of Topliss-reactive ketones (excluding diaryl/α,β-unsaturated/α-hetero) is 4. The normalized spacial score (nSPS) is 14.6. The van der Waals surface area contributed by atoms with E-state index in [1.54, 1.807) is 38.7 Å². The fraction of sp³-hybridized carbons (Fsp3) is 0.608. The highest BCUT2D eigenvalue weighted by Gasteiger charge is 2.34. The van der Waals surface area contributed by atoms with Gasteiger partial charge in [0.15, 0.2) is 23.1 Å². The van der Waals surface area contributed by atoms with Gasteiger partial charge in [0.1, 0.15) is 0 Å². The van der Waals surface area contributed by atoms with Crippen LogP contribution in [0.25, 0.3) is 10.9 Å². The van der Waals surface area contributed by atoms with E-state index in [0.717, 1.165) is 16.5 Å². The van der Waals surface area contributed by atoms with Crippen molar-refractivity contribution in [1.82, 2.24) is 36.2 Å². The molecule has 17 nitrogen and oxygen atoms in total. The molecule has 18 heteroatoms. The number of hydrogen-bond acceptors (Lipinski definition) is 11. The van der Waals surface area contributed by atoms with Crippen molar-refractivity contribution in [2.45, 2.75) is 150 Å². The van der Waals surface area contributed by atoms with Crippen LogP contribution in [0.5, 0.6) is 0 Å². The van der Waals surface area contributed by atoms with Crippen LogP contribution in [0.4, 0.5) is 0 Å². The zero-order chi connectivity index (χ0) is 51.4. The third kappa shape index (κ3) is 19.7. The van der Waals surface area contributed by atoms with E-state index >= 15 is 0 Å². The molecule has 7 atom stereocenters. The van der Waals surface area contributed by atoms with Gasteiger partial charge in [-0.2, -0.15) is 11.8 Å². The van der Waals surface area contributed by atoms with Gasteiger partial charge in [-0.05, 0) is 74.0 Å². The Morgan fingerprint density at radius 2 is 1.30 bits per heavy atom. The highest BCUT2D eigenvalue weighted by molar-refractivity contribution is 7.98. The van der Waals surface area contributed by atoms with E-state index in [4.69, 9.17) is 5.73 Å². The smallest absolute Gasteiger partial charge is 0.224 e. The number of aromatic nitrogens is 3. The number of nitrogens with zero attached hydrogens (tertiary/aromatic N) is 1. The maximum Gasteiger partial charge on any atom is 0.224 e. The van der Waals surface area contributed by atoms with Gasteiger partial charge in [0.25, 0.3) is 0 Å². The number of benzene rings is 1. The number of nitrogens with one attached hydrogen (secondary N) is 6. The van der Waals surface area contributed by atoms with Crippen LogP contribution in [-0.4, -0.2) is 104 Å². The number of fused-ring (bicyclic) bond motifs is 1. The number of thioether (sulfide) groups is 1. The van der Waals surface area contributed by atoms with Crippen LogP contribution in [-0.2, 0) is 56.0 Å². The molecule has 69 heavy (non-hydrogen) atoms. The third-order valence-corrected chi connectivity index (χ3v) is 12.9. The Balaban J connectivity index is 1.71. The monoisotopic (exact) mass is 977 g/mol. The average molecular weight is 977 g/mol. The Morgan fingerprint density at radius 3 is 1.91 bits per heavy atom. The molecule has 0 unspecified atom stereocenters. The van der Waals surface area contributed by atoms with Gasteiger partial charge in [-0.15, -0.1) is 0 Å². The summed E-state index contributed by atoms with van der Waals surface area (Å²) in [5.41, 5.74) is 7.64. The molecule has 0 saturated heterocycles. The van der Waals surface area contributed by atoms with Gasteiger partial charge in [0.05, 0.1) is 30.5 Å². The lowest BCUT2D eigenvalue weighted by molar-refractivity contribution is -0.135. The van der Waals surface area contributed by atoms with Gasteiger partial charge >= 0.3 is 0 Å². The third-order valence-electron chi connectivity index (χ3n) is 12.2.